The summed E-state index contributed by atoms with van der Waals surface area (Å²) in [6, 6.07) is 6.50. The Morgan fingerprint density at radius 1 is 1.48 bits per heavy atom. The third-order valence-electron chi connectivity index (χ3n) is 3.73. The van der Waals surface area contributed by atoms with Crippen molar-refractivity contribution in [2.45, 2.75) is 30.8 Å². The predicted octanol–water partition coefficient (Wildman–Crippen LogP) is 1.41. The lowest BCUT2D eigenvalue weighted by Gasteiger charge is -2.18. The molecule has 1 saturated heterocycles. The first kappa shape index (κ1) is 16.4. The second-order valence-electron chi connectivity index (χ2n) is 5.08. The number of hydrogen-bond acceptors (Lipinski definition) is 4. The molecule has 1 aromatic rings. The second-order valence-corrected chi connectivity index (χ2v) is 7.25. The Kier molecular flexibility index (Phi) is 5.32. The number of sulfonamides is 1. The van der Waals surface area contributed by atoms with E-state index in [0.29, 0.717) is 18.7 Å². The van der Waals surface area contributed by atoms with Crippen LogP contribution >= 0.6 is 12.2 Å². The van der Waals surface area contributed by atoms with Gasteiger partial charge in [0.05, 0.1) is 11.0 Å². The van der Waals surface area contributed by atoms with Crippen molar-refractivity contribution in [3.05, 3.63) is 29.8 Å². The molecular formula is C14H20N2O3S2. The van der Waals surface area contributed by atoms with E-state index in [9.17, 15) is 8.42 Å². The largest absolute Gasteiger partial charge is 0.389 e. The van der Waals surface area contributed by atoms with Crippen molar-refractivity contribution in [3.63, 3.8) is 0 Å². The summed E-state index contributed by atoms with van der Waals surface area (Å²) in [6.07, 6.45) is 1.88. The van der Waals surface area contributed by atoms with E-state index in [0.717, 1.165) is 12.8 Å². The van der Waals surface area contributed by atoms with Gasteiger partial charge in [0.1, 0.15) is 4.99 Å². The highest BCUT2D eigenvalue weighted by Gasteiger charge is 2.28. The van der Waals surface area contributed by atoms with Gasteiger partial charge in [0.15, 0.2) is 0 Å². The first-order chi connectivity index (χ1) is 9.95. The van der Waals surface area contributed by atoms with Crippen LogP contribution in [0.3, 0.4) is 0 Å². The summed E-state index contributed by atoms with van der Waals surface area (Å²) < 4.78 is 33.1. The minimum atomic E-state index is -3.63. The van der Waals surface area contributed by atoms with E-state index in [1.54, 1.807) is 18.2 Å². The Hall–Kier alpha value is -1.02. The molecule has 1 fully saturated rings. The number of hydrogen-bond donors (Lipinski definition) is 2. The SMILES string of the molecule is CCC1OCCC1CNS(=O)(=O)c1ccccc1C(N)=S. The van der Waals surface area contributed by atoms with Crippen molar-refractivity contribution in [2.75, 3.05) is 13.2 Å². The maximum Gasteiger partial charge on any atom is 0.241 e. The van der Waals surface area contributed by atoms with E-state index in [4.69, 9.17) is 22.7 Å². The standard InChI is InChI=1S/C14H20N2O3S2/c1-2-12-10(7-8-19-12)9-16-21(17,18)13-6-4-3-5-11(13)14(15)20/h3-6,10,12,16H,2,7-9H2,1H3,(H2,15,20). The van der Waals surface area contributed by atoms with Crippen LogP contribution in [-0.2, 0) is 14.8 Å². The van der Waals surface area contributed by atoms with Gasteiger partial charge in [-0.2, -0.15) is 0 Å². The molecule has 3 N–H and O–H groups in total. The Labute approximate surface area is 130 Å². The maximum absolute atomic E-state index is 12.4. The van der Waals surface area contributed by atoms with E-state index in [2.05, 4.69) is 4.72 Å². The Morgan fingerprint density at radius 3 is 2.86 bits per heavy atom. The summed E-state index contributed by atoms with van der Waals surface area (Å²) in [5.74, 6) is 0.210. The molecule has 0 aromatic heterocycles. The molecule has 0 bridgehead atoms. The molecule has 116 valence electrons. The van der Waals surface area contributed by atoms with Crippen molar-refractivity contribution >= 4 is 27.2 Å². The van der Waals surface area contributed by atoms with Crippen molar-refractivity contribution < 1.29 is 13.2 Å². The monoisotopic (exact) mass is 328 g/mol. The molecule has 1 aliphatic rings. The molecule has 5 nitrogen and oxygen atoms in total. The lowest BCUT2D eigenvalue weighted by Crippen LogP contribution is -2.33. The zero-order valence-corrected chi connectivity index (χ0v) is 13.5. The molecule has 2 unspecified atom stereocenters. The fraction of sp³-hybridized carbons (Fsp3) is 0.500. The lowest BCUT2D eigenvalue weighted by atomic mass is 10.0. The first-order valence-electron chi connectivity index (χ1n) is 6.95. The van der Waals surface area contributed by atoms with Crippen LogP contribution in [0.1, 0.15) is 25.3 Å². The smallest absolute Gasteiger partial charge is 0.241 e. The van der Waals surface area contributed by atoms with Crippen molar-refractivity contribution in [1.82, 2.24) is 4.72 Å². The van der Waals surface area contributed by atoms with Crippen molar-refractivity contribution in [3.8, 4) is 0 Å². The van der Waals surface area contributed by atoms with Gasteiger partial charge in [0, 0.05) is 24.6 Å². The molecule has 1 aromatic carbocycles. The number of thiocarbonyl (C=S) groups is 1. The van der Waals surface area contributed by atoms with Crippen LogP contribution in [0.15, 0.2) is 29.2 Å². The van der Waals surface area contributed by atoms with Crippen LogP contribution in [0.25, 0.3) is 0 Å². The van der Waals surface area contributed by atoms with Crippen molar-refractivity contribution in [1.29, 1.82) is 0 Å². The molecule has 0 aliphatic carbocycles. The zero-order chi connectivity index (χ0) is 15.5. The molecule has 0 spiro atoms. The van der Waals surface area contributed by atoms with Gasteiger partial charge >= 0.3 is 0 Å². The van der Waals surface area contributed by atoms with Gasteiger partial charge in [-0.25, -0.2) is 13.1 Å². The van der Waals surface area contributed by atoms with Crippen LogP contribution in [-0.4, -0.2) is 32.7 Å². The molecule has 1 heterocycles. The third-order valence-corrected chi connectivity index (χ3v) is 5.43. The van der Waals surface area contributed by atoms with Gasteiger partial charge in [-0.3, -0.25) is 0 Å². The molecule has 0 saturated carbocycles. The van der Waals surface area contributed by atoms with Gasteiger partial charge in [0.25, 0.3) is 0 Å². The highest BCUT2D eigenvalue weighted by atomic mass is 32.2. The molecular weight excluding hydrogens is 308 g/mol. The quantitative estimate of drug-likeness (QED) is 0.772. The summed E-state index contributed by atoms with van der Waals surface area (Å²) in [5.41, 5.74) is 5.96. The van der Waals surface area contributed by atoms with E-state index in [1.807, 2.05) is 6.92 Å². The molecule has 2 atom stereocenters. The summed E-state index contributed by atoms with van der Waals surface area (Å²) >= 11 is 4.91. The predicted molar refractivity (Wildman–Crippen MR) is 85.7 cm³/mol. The minimum absolute atomic E-state index is 0.0756. The molecule has 7 heteroatoms. The van der Waals surface area contributed by atoms with E-state index < -0.39 is 10.0 Å². The van der Waals surface area contributed by atoms with Gasteiger partial charge < -0.3 is 10.5 Å². The zero-order valence-electron chi connectivity index (χ0n) is 11.9. The minimum Gasteiger partial charge on any atom is -0.389 e. The van der Waals surface area contributed by atoms with Crippen LogP contribution in [0, 0.1) is 5.92 Å². The molecule has 0 amide bonds. The molecule has 1 aliphatic heterocycles. The lowest BCUT2D eigenvalue weighted by molar-refractivity contribution is 0.0884. The van der Waals surface area contributed by atoms with Gasteiger partial charge in [-0.15, -0.1) is 0 Å². The number of nitrogens with one attached hydrogen (secondary N) is 1. The fourth-order valence-corrected chi connectivity index (χ4v) is 4.13. The van der Waals surface area contributed by atoms with Crippen LogP contribution < -0.4 is 10.5 Å². The number of rotatable bonds is 6. The summed E-state index contributed by atoms with van der Waals surface area (Å²) in [6.45, 7) is 3.10. The molecule has 2 rings (SSSR count). The number of benzene rings is 1. The van der Waals surface area contributed by atoms with E-state index in [1.165, 1.54) is 6.07 Å². The van der Waals surface area contributed by atoms with Gasteiger partial charge in [-0.05, 0) is 18.9 Å². The normalized spacial score (nSPS) is 22.3. The Morgan fingerprint density at radius 2 is 2.19 bits per heavy atom. The van der Waals surface area contributed by atoms with Gasteiger partial charge in [0.2, 0.25) is 10.0 Å². The van der Waals surface area contributed by atoms with E-state index in [-0.39, 0.29) is 21.9 Å². The van der Waals surface area contributed by atoms with Crippen molar-refractivity contribution in [2.24, 2.45) is 11.7 Å². The number of ether oxygens (including phenoxy) is 1. The highest BCUT2D eigenvalue weighted by Crippen LogP contribution is 2.23. The molecule has 0 radical (unpaired) electrons. The molecule has 21 heavy (non-hydrogen) atoms. The summed E-state index contributed by atoms with van der Waals surface area (Å²) in [4.78, 5) is 0.205. The fourth-order valence-electron chi connectivity index (χ4n) is 2.58. The third kappa shape index (κ3) is 3.79. The van der Waals surface area contributed by atoms with Gasteiger partial charge in [-0.1, -0.05) is 37.3 Å². The second kappa shape index (κ2) is 6.83. The summed E-state index contributed by atoms with van der Waals surface area (Å²) in [7, 11) is -3.63. The highest BCUT2D eigenvalue weighted by molar-refractivity contribution is 7.89. The van der Waals surface area contributed by atoms with Crippen LogP contribution in [0.4, 0.5) is 0 Å². The Bertz CT molecular complexity index is 616. The summed E-state index contributed by atoms with van der Waals surface area (Å²) in [5, 5.41) is 0. The number of nitrogens with two attached hydrogens (primary N) is 1. The topological polar surface area (TPSA) is 81.4 Å². The maximum atomic E-state index is 12.4. The Balaban J connectivity index is 2.14. The van der Waals surface area contributed by atoms with Crippen LogP contribution in [0.2, 0.25) is 0 Å². The first-order valence-corrected chi connectivity index (χ1v) is 8.85. The average Bonchev–Trinajstić information content (AvgIpc) is 2.92. The average molecular weight is 328 g/mol. The van der Waals surface area contributed by atoms with Crippen LogP contribution in [0.5, 0.6) is 0 Å². The van der Waals surface area contributed by atoms with E-state index >= 15 is 0 Å².